The summed E-state index contributed by atoms with van der Waals surface area (Å²) in [5.41, 5.74) is 2.54. The molecule has 33 heavy (non-hydrogen) atoms. The third kappa shape index (κ3) is 6.07. The number of aliphatic hydroxyl groups excluding tert-OH is 1. The van der Waals surface area contributed by atoms with Crippen molar-refractivity contribution in [1.82, 2.24) is 5.32 Å². The van der Waals surface area contributed by atoms with Gasteiger partial charge in [-0.25, -0.2) is 0 Å². The van der Waals surface area contributed by atoms with Crippen LogP contribution in [0.4, 0.5) is 0 Å². The van der Waals surface area contributed by atoms with Crippen LogP contribution in [0.3, 0.4) is 0 Å². The molecule has 0 bridgehead atoms. The van der Waals surface area contributed by atoms with Crippen LogP contribution in [0.15, 0.2) is 36.4 Å². The van der Waals surface area contributed by atoms with Crippen LogP contribution in [0.1, 0.15) is 35.6 Å². The largest absolute Gasteiger partial charge is 1.00 e. The number of carboxylic acids is 2. The first-order chi connectivity index (χ1) is 14.8. The Morgan fingerprint density at radius 3 is 2.36 bits per heavy atom. The summed E-state index contributed by atoms with van der Waals surface area (Å²) in [7, 11) is 0. The second kappa shape index (κ2) is 11.7. The number of carbonyl (C=O) groups is 2. The number of aryl methyl sites for hydroxylation is 1. The standard InChI is InChI=1S/C22H22ClNO7.2Na/c23-15-5-1-4-13(7-15)17(25)11-24-16-6-2-3-12-9-18-19(10-14(12)8-16)31-22(30-18,20(26)27)21(28)29;;/h1,4-5,7,9-10,16-17,24-25H,2-3,6,8,11H2,(H,26,27)(H,28,29);;/q;2*+1/p-2/t16?,17-;;/m0../s1. The van der Waals surface area contributed by atoms with Crippen molar-refractivity contribution in [2.45, 2.75) is 43.6 Å². The maximum Gasteiger partial charge on any atom is 1.00 e. The molecular weight excluding hydrogens is 472 g/mol. The summed E-state index contributed by atoms with van der Waals surface area (Å²) in [6.07, 6.45) is 2.31. The van der Waals surface area contributed by atoms with Crippen LogP contribution in [0.5, 0.6) is 11.5 Å². The van der Waals surface area contributed by atoms with E-state index in [1.54, 1.807) is 30.3 Å². The molecule has 0 saturated carbocycles. The molecular formula is C22H20ClNNa2O7. The van der Waals surface area contributed by atoms with Crippen LogP contribution >= 0.6 is 11.6 Å². The normalized spacial score (nSPS) is 18.7. The third-order valence-corrected chi connectivity index (χ3v) is 5.84. The average molecular weight is 492 g/mol. The Kier molecular flexibility index (Phi) is 10.1. The van der Waals surface area contributed by atoms with Gasteiger partial charge in [0.2, 0.25) is 0 Å². The van der Waals surface area contributed by atoms with Crippen LogP contribution in [-0.4, -0.2) is 35.4 Å². The molecule has 0 radical (unpaired) electrons. The first kappa shape index (κ1) is 28.4. The summed E-state index contributed by atoms with van der Waals surface area (Å²) in [6.45, 7) is 0.337. The summed E-state index contributed by atoms with van der Waals surface area (Å²) < 4.78 is 10.2. The van der Waals surface area contributed by atoms with Crippen LogP contribution in [0.25, 0.3) is 0 Å². The minimum absolute atomic E-state index is 0. The van der Waals surface area contributed by atoms with E-state index in [-0.39, 0.29) is 76.7 Å². The summed E-state index contributed by atoms with van der Waals surface area (Å²) in [4.78, 5) is 22.6. The Labute approximate surface area is 240 Å². The quantitative estimate of drug-likeness (QED) is 0.232. The van der Waals surface area contributed by atoms with Gasteiger partial charge in [0.1, 0.15) is 11.9 Å². The zero-order valence-electron chi connectivity index (χ0n) is 18.4. The second-order valence-electron chi connectivity index (χ2n) is 7.74. The Bertz CT molecular complexity index is 1020. The summed E-state index contributed by atoms with van der Waals surface area (Å²) in [6, 6.07) is 10.3. The zero-order chi connectivity index (χ0) is 22.2. The van der Waals surface area contributed by atoms with Gasteiger partial charge in [0, 0.05) is 17.6 Å². The summed E-state index contributed by atoms with van der Waals surface area (Å²) in [5.74, 6) is -7.00. The van der Waals surface area contributed by atoms with E-state index in [0.717, 1.165) is 29.5 Å². The number of carbonyl (C=O) groups excluding carboxylic acids is 2. The van der Waals surface area contributed by atoms with Gasteiger partial charge in [-0.2, -0.15) is 0 Å². The van der Waals surface area contributed by atoms with Crippen LogP contribution in [-0.2, 0) is 22.4 Å². The summed E-state index contributed by atoms with van der Waals surface area (Å²) in [5, 5.41) is 37.0. The van der Waals surface area contributed by atoms with Crippen molar-refractivity contribution in [3.05, 3.63) is 58.1 Å². The number of fused-ring (bicyclic) bond motifs is 2. The van der Waals surface area contributed by atoms with Crippen molar-refractivity contribution < 1.29 is 93.5 Å². The fourth-order valence-electron chi connectivity index (χ4n) is 4.00. The van der Waals surface area contributed by atoms with E-state index in [1.807, 2.05) is 6.07 Å². The number of aliphatic carboxylic acids is 2. The van der Waals surface area contributed by atoms with Gasteiger partial charge in [0.25, 0.3) is 0 Å². The Morgan fingerprint density at radius 1 is 1.12 bits per heavy atom. The molecule has 11 heteroatoms. The van der Waals surface area contributed by atoms with Crippen molar-refractivity contribution in [3.8, 4) is 11.5 Å². The Balaban J connectivity index is 0.00000193. The number of aliphatic hydroxyl groups is 1. The molecule has 0 aromatic heterocycles. The number of hydrogen-bond donors (Lipinski definition) is 2. The molecule has 1 aliphatic carbocycles. The van der Waals surface area contributed by atoms with Gasteiger partial charge in [0.05, 0.1) is 6.10 Å². The minimum atomic E-state index is -2.99. The van der Waals surface area contributed by atoms with E-state index >= 15 is 0 Å². The van der Waals surface area contributed by atoms with Crippen molar-refractivity contribution >= 4 is 23.5 Å². The molecule has 2 aromatic rings. The van der Waals surface area contributed by atoms with Crippen molar-refractivity contribution in [1.29, 1.82) is 0 Å². The molecule has 2 atom stereocenters. The van der Waals surface area contributed by atoms with Crippen molar-refractivity contribution in [3.63, 3.8) is 0 Å². The van der Waals surface area contributed by atoms with E-state index in [2.05, 4.69) is 5.32 Å². The molecule has 0 amide bonds. The summed E-state index contributed by atoms with van der Waals surface area (Å²) >= 11 is 5.99. The van der Waals surface area contributed by atoms with E-state index in [4.69, 9.17) is 21.1 Å². The van der Waals surface area contributed by atoms with Crippen molar-refractivity contribution in [2.75, 3.05) is 6.54 Å². The predicted octanol–water partition coefficient (Wildman–Crippen LogP) is -6.11. The molecule has 2 aliphatic rings. The number of benzene rings is 2. The predicted molar refractivity (Wildman–Crippen MR) is 105 cm³/mol. The molecule has 1 aliphatic heterocycles. The van der Waals surface area contributed by atoms with Gasteiger partial charge >= 0.3 is 64.9 Å². The number of carboxylic acid groups (broad SMARTS) is 2. The minimum Gasteiger partial charge on any atom is -0.542 e. The molecule has 2 N–H and O–H groups in total. The molecule has 0 fully saturated rings. The van der Waals surface area contributed by atoms with E-state index in [9.17, 15) is 24.9 Å². The molecule has 164 valence electrons. The first-order valence-electron chi connectivity index (χ1n) is 9.92. The van der Waals surface area contributed by atoms with Crippen LogP contribution < -0.4 is 84.1 Å². The van der Waals surface area contributed by atoms with Crippen molar-refractivity contribution in [2.24, 2.45) is 0 Å². The molecule has 8 nitrogen and oxygen atoms in total. The zero-order valence-corrected chi connectivity index (χ0v) is 23.2. The molecule has 0 spiro atoms. The number of ether oxygens (including phenoxy) is 2. The molecule has 0 saturated heterocycles. The Morgan fingerprint density at radius 2 is 1.76 bits per heavy atom. The third-order valence-electron chi connectivity index (χ3n) is 5.61. The molecule has 1 heterocycles. The van der Waals surface area contributed by atoms with Gasteiger partial charge in [-0.3, -0.25) is 0 Å². The van der Waals surface area contributed by atoms with Gasteiger partial charge in [0.15, 0.2) is 11.5 Å². The van der Waals surface area contributed by atoms with E-state index in [0.29, 0.717) is 24.4 Å². The number of nitrogens with one attached hydrogen (secondary N) is 1. The maximum atomic E-state index is 11.3. The molecule has 4 rings (SSSR count). The van der Waals surface area contributed by atoms with Crippen LogP contribution in [0.2, 0.25) is 5.02 Å². The van der Waals surface area contributed by atoms with Gasteiger partial charge in [-0.15, -0.1) is 0 Å². The SMILES string of the molecule is O=C([O-])C1(C(=O)[O-])Oc2cc3c(cc2O1)CC(NC[C@H](O)c1cccc(Cl)c1)CCC3.[Na+].[Na+]. The smallest absolute Gasteiger partial charge is 0.542 e. The topological polar surface area (TPSA) is 131 Å². The average Bonchev–Trinajstić information content (AvgIpc) is 3.00. The fraction of sp³-hybridized carbons (Fsp3) is 0.364. The number of hydrogen-bond acceptors (Lipinski definition) is 8. The van der Waals surface area contributed by atoms with Crippen LogP contribution in [0, 0.1) is 0 Å². The van der Waals surface area contributed by atoms with Gasteiger partial charge in [-0.05, 0) is 66.6 Å². The van der Waals surface area contributed by atoms with Gasteiger partial charge < -0.3 is 39.7 Å². The fourth-order valence-corrected chi connectivity index (χ4v) is 4.20. The molecule has 1 unspecified atom stereocenters. The first-order valence-corrected chi connectivity index (χ1v) is 10.3. The maximum absolute atomic E-state index is 11.3. The van der Waals surface area contributed by atoms with E-state index < -0.39 is 23.8 Å². The molecule has 2 aromatic carbocycles. The monoisotopic (exact) mass is 491 g/mol. The second-order valence-corrected chi connectivity index (χ2v) is 8.17. The number of rotatable bonds is 6. The van der Waals surface area contributed by atoms with Gasteiger partial charge in [-0.1, -0.05) is 23.7 Å². The Hall–Kier alpha value is -0.810. The van der Waals surface area contributed by atoms with E-state index in [1.165, 1.54) is 0 Å². The number of halogens is 1.